The van der Waals surface area contributed by atoms with Crippen LogP contribution >= 0.6 is 0 Å². The van der Waals surface area contributed by atoms with E-state index in [0.717, 1.165) is 59.2 Å². The molecule has 1 unspecified atom stereocenters. The number of amides is 1. The molecule has 0 bridgehead atoms. The number of carbonyl (C=O) groups excluding carboxylic acids is 1. The van der Waals surface area contributed by atoms with Gasteiger partial charge in [0.15, 0.2) is 9.84 Å². The zero-order valence-electron chi connectivity index (χ0n) is 25.8. The highest BCUT2D eigenvalue weighted by Gasteiger charge is 2.35. The second-order valence-corrected chi connectivity index (χ2v) is 15.0. The summed E-state index contributed by atoms with van der Waals surface area (Å²) in [6, 6.07) is 12.8. The highest BCUT2D eigenvalue weighted by molar-refractivity contribution is 7.91. The summed E-state index contributed by atoms with van der Waals surface area (Å²) in [5.74, 6) is 0.562. The van der Waals surface area contributed by atoms with Crippen LogP contribution < -0.4 is 5.32 Å². The minimum Gasteiger partial charge on any atom is -0.355 e. The highest BCUT2D eigenvalue weighted by atomic mass is 32.2. The van der Waals surface area contributed by atoms with E-state index in [9.17, 15) is 18.5 Å². The molecule has 1 atom stereocenters. The van der Waals surface area contributed by atoms with Gasteiger partial charge in [-0.25, -0.2) is 8.42 Å². The Morgan fingerprint density at radius 2 is 1.79 bits per heavy atom. The van der Waals surface area contributed by atoms with Crippen LogP contribution in [0.2, 0.25) is 0 Å². The van der Waals surface area contributed by atoms with Gasteiger partial charge in [-0.05, 0) is 94.3 Å². The van der Waals surface area contributed by atoms with E-state index in [1.807, 2.05) is 29.8 Å². The summed E-state index contributed by atoms with van der Waals surface area (Å²) in [5.41, 5.74) is 6.91. The van der Waals surface area contributed by atoms with E-state index in [4.69, 9.17) is 0 Å². The molecular weight excluding hydrogens is 560 g/mol. The SMILES string of the molecule is Cc1cc(C)cc(-c2[nH]c3ccc(C(C)(C)C(=O)N4CCCC4)cc3c2CCN/C(=N/C#N)N2CCC(S(C)(=O)=O)C2)c1. The Kier molecular flexibility index (Phi) is 8.57. The number of fused-ring (bicyclic) bond motifs is 1. The first kappa shape index (κ1) is 30.6. The highest BCUT2D eigenvalue weighted by Crippen LogP contribution is 2.36. The third kappa shape index (κ3) is 6.42. The molecule has 228 valence electrons. The number of aromatic nitrogens is 1. The maximum absolute atomic E-state index is 13.5. The molecule has 2 aliphatic heterocycles. The lowest BCUT2D eigenvalue weighted by Gasteiger charge is -2.29. The summed E-state index contributed by atoms with van der Waals surface area (Å²) < 4.78 is 24.2. The molecule has 9 nitrogen and oxygen atoms in total. The average Bonchev–Trinajstić information content (AvgIpc) is 3.71. The minimum absolute atomic E-state index is 0.160. The lowest BCUT2D eigenvalue weighted by molar-refractivity contribution is -0.135. The molecule has 3 heterocycles. The number of H-pyrrole nitrogens is 1. The van der Waals surface area contributed by atoms with Gasteiger partial charge in [-0.1, -0.05) is 23.3 Å². The second-order valence-electron chi connectivity index (χ2n) is 12.6. The van der Waals surface area contributed by atoms with Crippen LogP contribution in [0.4, 0.5) is 0 Å². The van der Waals surface area contributed by atoms with E-state index in [1.165, 1.54) is 17.4 Å². The molecule has 5 rings (SSSR count). The molecule has 43 heavy (non-hydrogen) atoms. The zero-order chi connectivity index (χ0) is 30.9. The fourth-order valence-electron chi connectivity index (χ4n) is 6.54. The van der Waals surface area contributed by atoms with Crippen molar-refractivity contribution in [2.24, 2.45) is 4.99 Å². The number of aliphatic imine (C=N–C) groups is 1. The van der Waals surface area contributed by atoms with Crippen molar-refractivity contribution in [3.05, 3.63) is 58.7 Å². The first-order valence-corrected chi connectivity index (χ1v) is 17.0. The number of aryl methyl sites for hydroxylation is 2. The molecule has 2 saturated heterocycles. The van der Waals surface area contributed by atoms with Crippen LogP contribution in [0.25, 0.3) is 22.2 Å². The number of aromatic amines is 1. The van der Waals surface area contributed by atoms with Gasteiger partial charge in [0.1, 0.15) is 0 Å². The van der Waals surface area contributed by atoms with Crippen molar-refractivity contribution in [2.45, 2.75) is 64.0 Å². The predicted octanol–water partition coefficient (Wildman–Crippen LogP) is 4.44. The Morgan fingerprint density at radius 1 is 1.09 bits per heavy atom. The molecule has 2 aliphatic rings. The molecule has 2 fully saturated rings. The first-order valence-electron chi connectivity index (χ1n) is 15.1. The van der Waals surface area contributed by atoms with E-state index in [-0.39, 0.29) is 5.91 Å². The van der Waals surface area contributed by atoms with Crippen LogP contribution in [0.15, 0.2) is 41.4 Å². The lowest BCUT2D eigenvalue weighted by atomic mass is 9.82. The number of nitrogens with zero attached hydrogens (tertiary/aromatic N) is 4. The molecule has 0 aliphatic carbocycles. The molecule has 0 radical (unpaired) electrons. The number of carbonyl (C=O) groups is 1. The van der Waals surface area contributed by atoms with Gasteiger partial charge in [-0.3, -0.25) is 4.79 Å². The molecule has 2 aromatic carbocycles. The van der Waals surface area contributed by atoms with Crippen LogP contribution in [-0.4, -0.2) is 79.3 Å². The number of nitrogens with one attached hydrogen (secondary N) is 2. The summed E-state index contributed by atoms with van der Waals surface area (Å²) in [5, 5.41) is 13.3. The lowest BCUT2D eigenvalue weighted by Crippen LogP contribution is -2.42. The number of benzene rings is 2. The van der Waals surface area contributed by atoms with Crippen molar-refractivity contribution in [3.63, 3.8) is 0 Å². The minimum atomic E-state index is -3.17. The maximum atomic E-state index is 13.5. The number of likely N-dealkylation sites (tertiary alicyclic amines) is 2. The van der Waals surface area contributed by atoms with Crippen LogP contribution in [-0.2, 0) is 26.5 Å². The summed E-state index contributed by atoms with van der Waals surface area (Å²) in [4.78, 5) is 25.0. The molecule has 3 aromatic rings. The quantitative estimate of drug-likeness (QED) is 0.234. The standard InChI is InChI=1S/C33H42N6O3S/c1-22-16-23(2)18-24(17-22)30-27(10-12-35-32(36-21-34)39-15-11-26(20-39)43(5,41)42)28-19-25(8-9-29(28)37-30)33(3,4)31(40)38-13-6-7-14-38/h8-9,16-19,26,37H,6-7,10-15,20H2,1-5H3,(H,35,36). The van der Waals surface area contributed by atoms with Gasteiger partial charge in [-0.2, -0.15) is 5.26 Å². The van der Waals surface area contributed by atoms with E-state index >= 15 is 0 Å². The fraction of sp³-hybridized carbons (Fsp3) is 0.485. The molecular formula is C33H42N6O3S. The van der Waals surface area contributed by atoms with E-state index in [2.05, 4.69) is 65.5 Å². The maximum Gasteiger partial charge on any atom is 0.232 e. The molecule has 10 heteroatoms. The Balaban J connectivity index is 1.48. The number of nitriles is 1. The Hall–Kier alpha value is -3.84. The number of guanidine groups is 1. The van der Waals surface area contributed by atoms with Crippen LogP contribution in [0, 0.1) is 25.3 Å². The van der Waals surface area contributed by atoms with Gasteiger partial charge < -0.3 is 20.1 Å². The number of hydrogen-bond acceptors (Lipinski definition) is 5. The third-order valence-electron chi connectivity index (χ3n) is 8.93. The second kappa shape index (κ2) is 12.0. The van der Waals surface area contributed by atoms with E-state index < -0.39 is 20.5 Å². The Bertz CT molecular complexity index is 1690. The Labute approximate surface area is 254 Å². The van der Waals surface area contributed by atoms with Gasteiger partial charge in [-0.15, -0.1) is 4.99 Å². The monoisotopic (exact) mass is 602 g/mol. The van der Waals surface area contributed by atoms with Gasteiger partial charge in [0.2, 0.25) is 18.1 Å². The van der Waals surface area contributed by atoms with E-state index in [0.29, 0.717) is 38.4 Å². The Morgan fingerprint density at radius 3 is 2.42 bits per heavy atom. The normalized spacial score (nSPS) is 18.0. The number of hydrogen-bond donors (Lipinski definition) is 2. The zero-order valence-corrected chi connectivity index (χ0v) is 26.6. The van der Waals surface area contributed by atoms with Crippen molar-refractivity contribution in [1.82, 2.24) is 20.1 Å². The summed E-state index contributed by atoms with van der Waals surface area (Å²) in [7, 11) is -3.17. The third-order valence-corrected chi connectivity index (χ3v) is 10.5. The summed E-state index contributed by atoms with van der Waals surface area (Å²) in [6.45, 7) is 11.2. The van der Waals surface area contributed by atoms with Gasteiger partial charge >= 0.3 is 0 Å². The van der Waals surface area contributed by atoms with Gasteiger partial charge in [0.25, 0.3) is 0 Å². The summed E-state index contributed by atoms with van der Waals surface area (Å²) in [6.07, 6.45) is 6.38. The molecule has 0 spiro atoms. The van der Waals surface area contributed by atoms with E-state index in [1.54, 1.807) is 0 Å². The van der Waals surface area contributed by atoms with Crippen molar-refractivity contribution in [1.29, 1.82) is 5.26 Å². The topological polar surface area (TPSA) is 122 Å². The van der Waals surface area contributed by atoms with Crippen molar-refractivity contribution >= 4 is 32.6 Å². The van der Waals surface area contributed by atoms with Crippen LogP contribution in [0.1, 0.15) is 55.4 Å². The largest absolute Gasteiger partial charge is 0.355 e. The molecule has 1 amide bonds. The fourth-order valence-corrected chi connectivity index (χ4v) is 7.52. The van der Waals surface area contributed by atoms with Gasteiger partial charge in [0.05, 0.1) is 10.7 Å². The van der Waals surface area contributed by atoms with Crippen molar-refractivity contribution in [2.75, 3.05) is 39.0 Å². The molecule has 2 N–H and O–H groups in total. The van der Waals surface area contributed by atoms with Crippen LogP contribution in [0.3, 0.4) is 0 Å². The van der Waals surface area contributed by atoms with Crippen LogP contribution in [0.5, 0.6) is 0 Å². The smallest absolute Gasteiger partial charge is 0.232 e. The number of sulfone groups is 1. The molecule has 1 aromatic heterocycles. The first-order chi connectivity index (χ1) is 20.4. The van der Waals surface area contributed by atoms with Gasteiger partial charge in [0, 0.05) is 55.6 Å². The van der Waals surface area contributed by atoms with Crippen molar-refractivity contribution < 1.29 is 13.2 Å². The average molecular weight is 603 g/mol. The number of rotatable bonds is 7. The predicted molar refractivity (Wildman–Crippen MR) is 172 cm³/mol. The van der Waals surface area contributed by atoms with Crippen molar-refractivity contribution in [3.8, 4) is 17.5 Å². The molecule has 0 saturated carbocycles. The summed E-state index contributed by atoms with van der Waals surface area (Å²) >= 11 is 0.